The summed E-state index contributed by atoms with van der Waals surface area (Å²) < 4.78 is 5.51. The molecule has 0 unspecified atom stereocenters. The van der Waals surface area contributed by atoms with Crippen molar-refractivity contribution < 1.29 is 19.1 Å². The molecular formula is C11H10BrClN2O4. The molecule has 0 radical (unpaired) electrons. The summed E-state index contributed by atoms with van der Waals surface area (Å²) in [5.74, 6) is -1.59. The van der Waals surface area contributed by atoms with Gasteiger partial charge in [0.15, 0.2) is 6.10 Å². The SMILES string of the molecule is C[C@@H](OC(=O)c1cc(Br)ccc1Cl)C(=O)NC(N)=O. The van der Waals surface area contributed by atoms with E-state index in [0.29, 0.717) is 4.47 Å². The quantitative estimate of drug-likeness (QED) is 0.813. The molecule has 0 saturated heterocycles. The predicted octanol–water partition coefficient (Wildman–Crippen LogP) is 1.84. The van der Waals surface area contributed by atoms with Gasteiger partial charge in [-0.25, -0.2) is 9.59 Å². The van der Waals surface area contributed by atoms with Crippen molar-refractivity contribution in [1.82, 2.24) is 5.32 Å². The smallest absolute Gasteiger partial charge is 0.340 e. The molecule has 0 bridgehead atoms. The van der Waals surface area contributed by atoms with Gasteiger partial charge in [0.05, 0.1) is 10.6 Å². The van der Waals surface area contributed by atoms with Crippen molar-refractivity contribution in [3.05, 3.63) is 33.3 Å². The summed E-state index contributed by atoms with van der Waals surface area (Å²) >= 11 is 9.03. The maximum atomic E-state index is 11.8. The first-order valence-electron chi connectivity index (χ1n) is 5.07. The first kappa shape index (κ1) is 15.5. The van der Waals surface area contributed by atoms with E-state index in [1.165, 1.54) is 19.1 Å². The maximum Gasteiger partial charge on any atom is 0.340 e. The van der Waals surface area contributed by atoms with Crippen LogP contribution in [0.1, 0.15) is 17.3 Å². The molecule has 0 fully saturated rings. The molecule has 1 aromatic rings. The molecule has 8 heteroatoms. The lowest BCUT2D eigenvalue weighted by Gasteiger charge is -2.12. The van der Waals surface area contributed by atoms with Crippen molar-refractivity contribution in [3.8, 4) is 0 Å². The predicted molar refractivity (Wildman–Crippen MR) is 71.8 cm³/mol. The molecule has 0 aliphatic carbocycles. The van der Waals surface area contributed by atoms with Crippen molar-refractivity contribution in [2.45, 2.75) is 13.0 Å². The average Bonchev–Trinajstić information content (AvgIpc) is 2.31. The van der Waals surface area contributed by atoms with Crippen LogP contribution in [0, 0.1) is 0 Å². The minimum Gasteiger partial charge on any atom is -0.449 e. The van der Waals surface area contributed by atoms with Crippen LogP contribution in [0.3, 0.4) is 0 Å². The third kappa shape index (κ3) is 4.53. The topological polar surface area (TPSA) is 98.5 Å². The van der Waals surface area contributed by atoms with Crippen molar-refractivity contribution >= 4 is 45.4 Å². The molecule has 0 heterocycles. The molecule has 0 saturated carbocycles. The van der Waals surface area contributed by atoms with Crippen molar-refractivity contribution in [3.63, 3.8) is 0 Å². The molecule has 0 spiro atoms. The minimum absolute atomic E-state index is 0.106. The van der Waals surface area contributed by atoms with Gasteiger partial charge in [0.2, 0.25) is 0 Å². The van der Waals surface area contributed by atoms with Gasteiger partial charge in [-0.2, -0.15) is 0 Å². The van der Waals surface area contributed by atoms with Gasteiger partial charge >= 0.3 is 12.0 Å². The Kier molecular flexibility index (Phi) is 5.31. The Morgan fingerprint density at radius 3 is 2.63 bits per heavy atom. The molecule has 1 atom stereocenters. The number of halogens is 2. The van der Waals surface area contributed by atoms with Gasteiger partial charge in [-0.15, -0.1) is 0 Å². The van der Waals surface area contributed by atoms with E-state index >= 15 is 0 Å². The number of ether oxygens (including phenoxy) is 1. The number of primary amides is 1. The third-order valence-electron chi connectivity index (χ3n) is 2.05. The van der Waals surface area contributed by atoms with E-state index < -0.39 is 24.0 Å². The standard InChI is InChI=1S/C11H10BrClN2O4/c1-5(9(16)15-11(14)18)19-10(17)7-4-6(12)2-3-8(7)13/h2-5H,1H3,(H3,14,15,16,18)/t5-/m1/s1. The van der Waals surface area contributed by atoms with Crippen LogP contribution in [0.15, 0.2) is 22.7 Å². The monoisotopic (exact) mass is 348 g/mol. The molecule has 0 aromatic heterocycles. The molecule has 0 aliphatic rings. The number of hydrogen-bond donors (Lipinski definition) is 2. The lowest BCUT2D eigenvalue weighted by atomic mass is 10.2. The van der Waals surface area contributed by atoms with E-state index in [1.807, 2.05) is 0 Å². The Morgan fingerprint density at radius 2 is 2.05 bits per heavy atom. The summed E-state index contributed by atoms with van der Waals surface area (Å²) in [5.41, 5.74) is 4.88. The Bertz CT molecular complexity index is 535. The van der Waals surface area contributed by atoms with Crippen LogP contribution >= 0.6 is 27.5 Å². The number of urea groups is 1. The van der Waals surface area contributed by atoms with E-state index in [4.69, 9.17) is 22.1 Å². The number of benzene rings is 1. The molecule has 102 valence electrons. The van der Waals surface area contributed by atoms with Crippen molar-refractivity contribution in [2.24, 2.45) is 5.73 Å². The molecule has 3 N–H and O–H groups in total. The summed E-state index contributed by atoms with van der Waals surface area (Å²) in [7, 11) is 0. The van der Waals surface area contributed by atoms with Crippen LogP contribution in [0.25, 0.3) is 0 Å². The second-order valence-electron chi connectivity index (χ2n) is 3.53. The van der Waals surface area contributed by atoms with Gasteiger partial charge in [0, 0.05) is 4.47 Å². The lowest BCUT2D eigenvalue weighted by Crippen LogP contribution is -2.42. The highest BCUT2D eigenvalue weighted by molar-refractivity contribution is 9.10. The van der Waals surface area contributed by atoms with E-state index in [1.54, 1.807) is 11.4 Å². The largest absolute Gasteiger partial charge is 0.449 e. The summed E-state index contributed by atoms with van der Waals surface area (Å²) in [6.07, 6.45) is -1.17. The number of rotatable bonds is 3. The van der Waals surface area contributed by atoms with Crippen molar-refractivity contribution in [2.75, 3.05) is 0 Å². The summed E-state index contributed by atoms with van der Waals surface area (Å²) in [5, 5.41) is 2.00. The highest BCUT2D eigenvalue weighted by Crippen LogP contribution is 2.22. The molecular weight excluding hydrogens is 339 g/mol. The summed E-state index contributed by atoms with van der Waals surface area (Å²) in [6.45, 7) is 1.31. The van der Waals surface area contributed by atoms with Gasteiger partial charge in [-0.3, -0.25) is 10.1 Å². The lowest BCUT2D eigenvalue weighted by molar-refractivity contribution is -0.127. The molecule has 19 heavy (non-hydrogen) atoms. The molecule has 1 rings (SSSR count). The van der Waals surface area contributed by atoms with Crippen LogP contribution < -0.4 is 11.1 Å². The normalized spacial score (nSPS) is 11.5. The van der Waals surface area contributed by atoms with Crippen LogP contribution in [0.4, 0.5) is 4.79 Å². The van der Waals surface area contributed by atoms with Crippen LogP contribution in [-0.2, 0) is 9.53 Å². The third-order valence-corrected chi connectivity index (χ3v) is 2.87. The molecule has 1 aromatic carbocycles. The van der Waals surface area contributed by atoms with Crippen molar-refractivity contribution in [1.29, 1.82) is 0 Å². The Balaban J connectivity index is 2.77. The van der Waals surface area contributed by atoms with E-state index in [2.05, 4.69) is 15.9 Å². The summed E-state index contributed by atoms with van der Waals surface area (Å²) in [4.78, 5) is 33.6. The number of carbonyl (C=O) groups is 3. The number of hydrogen-bond acceptors (Lipinski definition) is 4. The van der Waals surface area contributed by atoms with E-state index in [-0.39, 0.29) is 10.6 Å². The Morgan fingerprint density at radius 1 is 1.42 bits per heavy atom. The minimum atomic E-state index is -1.17. The zero-order valence-corrected chi connectivity index (χ0v) is 12.1. The maximum absolute atomic E-state index is 11.8. The molecule has 3 amide bonds. The first-order chi connectivity index (χ1) is 8.81. The fourth-order valence-electron chi connectivity index (χ4n) is 1.15. The van der Waals surface area contributed by atoms with Crippen LogP contribution in [-0.4, -0.2) is 24.0 Å². The molecule has 6 nitrogen and oxygen atoms in total. The number of nitrogens with two attached hydrogens (primary N) is 1. The zero-order chi connectivity index (χ0) is 14.6. The number of imide groups is 1. The van der Waals surface area contributed by atoms with E-state index in [9.17, 15) is 14.4 Å². The fraction of sp³-hybridized carbons (Fsp3) is 0.182. The second-order valence-corrected chi connectivity index (χ2v) is 4.85. The van der Waals surface area contributed by atoms with Crippen LogP contribution in [0.2, 0.25) is 5.02 Å². The summed E-state index contributed by atoms with van der Waals surface area (Å²) in [6, 6.07) is 3.61. The highest BCUT2D eigenvalue weighted by atomic mass is 79.9. The number of amides is 3. The van der Waals surface area contributed by atoms with Gasteiger partial charge in [-0.1, -0.05) is 27.5 Å². The van der Waals surface area contributed by atoms with Gasteiger partial charge < -0.3 is 10.5 Å². The van der Waals surface area contributed by atoms with Gasteiger partial charge in [0.1, 0.15) is 0 Å². The fourth-order valence-corrected chi connectivity index (χ4v) is 1.71. The number of carbonyl (C=O) groups excluding carboxylic acids is 3. The molecule has 0 aliphatic heterocycles. The highest BCUT2D eigenvalue weighted by Gasteiger charge is 2.21. The van der Waals surface area contributed by atoms with Crippen LogP contribution in [0.5, 0.6) is 0 Å². The first-order valence-corrected chi connectivity index (χ1v) is 6.24. The second kappa shape index (κ2) is 6.53. The zero-order valence-electron chi connectivity index (χ0n) is 9.78. The van der Waals surface area contributed by atoms with Gasteiger partial charge in [-0.05, 0) is 25.1 Å². The van der Waals surface area contributed by atoms with Gasteiger partial charge in [0.25, 0.3) is 5.91 Å². The Hall–Kier alpha value is -1.60. The average molecular weight is 350 g/mol. The Labute approximate surface area is 122 Å². The number of esters is 1. The number of nitrogens with one attached hydrogen (secondary N) is 1. The van der Waals surface area contributed by atoms with E-state index in [0.717, 1.165) is 0 Å².